The third-order valence-electron chi connectivity index (χ3n) is 6.34. The summed E-state index contributed by atoms with van der Waals surface area (Å²) in [5.74, 6) is -0.0530. The molecule has 2 atom stereocenters. The van der Waals surface area contributed by atoms with E-state index in [1.54, 1.807) is 6.20 Å². The van der Waals surface area contributed by atoms with Gasteiger partial charge in [0.15, 0.2) is 5.96 Å². The minimum absolute atomic E-state index is 0.0198. The molecule has 0 radical (unpaired) electrons. The summed E-state index contributed by atoms with van der Waals surface area (Å²) >= 11 is 0. The van der Waals surface area contributed by atoms with Crippen LogP contribution >= 0.6 is 0 Å². The van der Waals surface area contributed by atoms with Gasteiger partial charge >= 0.3 is 0 Å². The number of H-pyrrole nitrogens is 1. The van der Waals surface area contributed by atoms with Crippen LogP contribution in [0.4, 0.5) is 0 Å². The largest absolute Gasteiger partial charge is 0.370 e. The normalized spacial score (nSPS) is 12.4. The van der Waals surface area contributed by atoms with E-state index in [1.165, 1.54) is 0 Å². The number of fused-ring (bicyclic) bond motifs is 1. The molecular weight excluding hydrogens is 492 g/mol. The molecule has 0 unspecified atom stereocenters. The van der Waals surface area contributed by atoms with E-state index in [2.05, 4.69) is 25.6 Å². The number of hydrogen-bond acceptors (Lipinski definition) is 5. The second-order valence-electron chi connectivity index (χ2n) is 9.31. The fourth-order valence-electron chi connectivity index (χ4n) is 4.32. The third kappa shape index (κ3) is 7.65. The zero-order chi connectivity index (χ0) is 27.6. The second-order valence-corrected chi connectivity index (χ2v) is 9.31. The van der Waals surface area contributed by atoms with E-state index in [9.17, 15) is 9.59 Å². The molecule has 1 heterocycles. The quantitative estimate of drug-likeness (QED) is 0.0933. The average Bonchev–Trinajstić information content (AvgIpc) is 3.41. The summed E-state index contributed by atoms with van der Waals surface area (Å²) in [7, 11) is 0. The van der Waals surface area contributed by atoms with Gasteiger partial charge in [0.25, 0.3) is 0 Å². The molecule has 39 heavy (non-hydrogen) atoms. The molecule has 1 aromatic heterocycles. The zero-order valence-electron chi connectivity index (χ0n) is 21.6. The summed E-state index contributed by atoms with van der Waals surface area (Å²) in [6.07, 6.45) is 2.77. The Labute approximate surface area is 227 Å². The molecule has 0 spiro atoms. The van der Waals surface area contributed by atoms with Crippen LogP contribution < -0.4 is 27.8 Å². The lowest BCUT2D eigenvalue weighted by atomic mass is 10.0. The molecule has 0 aliphatic heterocycles. The summed E-state index contributed by atoms with van der Waals surface area (Å²) in [5.41, 5.74) is 19.7. The predicted octanol–water partition coefficient (Wildman–Crippen LogP) is 1.95. The molecule has 9 N–H and O–H groups in total. The van der Waals surface area contributed by atoms with E-state index < -0.39 is 18.0 Å². The molecule has 202 valence electrons. The molecule has 0 aliphatic carbocycles. The molecule has 4 aromatic rings. The number of nitrogens with one attached hydrogen (secondary N) is 3. The number of carbonyl (C=O) groups is 2. The van der Waals surface area contributed by atoms with Gasteiger partial charge in [-0.25, -0.2) is 4.98 Å². The molecule has 0 aliphatic rings. The lowest BCUT2D eigenvalue weighted by Crippen LogP contribution is -2.52. The Balaban J connectivity index is 1.39. The monoisotopic (exact) mass is 526 g/mol. The molecule has 10 heteroatoms. The Bertz CT molecular complexity index is 1420. The zero-order valence-corrected chi connectivity index (χ0v) is 21.6. The highest BCUT2D eigenvalue weighted by molar-refractivity contribution is 5.95. The van der Waals surface area contributed by atoms with E-state index in [-0.39, 0.29) is 18.3 Å². The first-order valence-corrected chi connectivity index (χ1v) is 12.9. The average molecular weight is 527 g/mol. The number of aliphatic imine (C=N–C) groups is 1. The number of aromatic nitrogens is 2. The predicted molar refractivity (Wildman–Crippen MR) is 153 cm³/mol. The molecule has 0 saturated carbocycles. The van der Waals surface area contributed by atoms with Crippen molar-refractivity contribution in [1.82, 2.24) is 20.6 Å². The van der Waals surface area contributed by atoms with Crippen molar-refractivity contribution < 1.29 is 9.59 Å². The van der Waals surface area contributed by atoms with Gasteiger partial charge < -0.3 is 32.8 Å². The van der Waals surface area contributed by atoms with Crippen LogP contribution in [0.15, 0.2) is 84.0 Å². The van der Waals surface area contributed by atoms with Gasteiger partial charge in [-0.15, -0.1) is 0 Å². The number of guanidine groups is 1. The van der Waals surface area contributed by atoms with E-state index >= 15 is 0 Å². The van der Waals surface area contributed by atoms with Crippen molar-refractivity contribution in [3.05, 3.63) is 90.3 Å². The van der Waals surface area contributed by atoms with Crippen LogP contribution in [0.5, 0.6) is 0 Å². The van der Waals surface area contributed by atoms with Crippen LogP contribution in [-0.4, -0.2) is 46.4 Å². The van der Waals surface area contributed by atoms with Crippen LogP contribution in [0.2, 0.25) is 0 Å². The Kier molecular flexibility index (Phi) is 9.25. The van der Waals surface area contributed by atoms with Crippen LogP contribution in [0.1, 0.15) is 24.1 Å². The highest BCUT2D eigenvalue weighted by Crippen LogP contribution is 2.26. The molecule has 2 amide bonds. The van der Waals surface area contributed by atoms with Gasteiger partial charge in [-0.1, -0.05) is 72.8 Å². The Hall–Kier alpha value is -4.70. The lowest BCUT2D eigenvalue weighted by molar-refractivity contribution is -0.129. The summed E-state index contributed by atoms with van der Waals surface area (Å²) in [4.78, 5) is 37.7. The topological polar surface area (TPSA) is 177 Å². The third-order valence-corrected chi connectivity index (χ3v) is 6.34. The molecule has 3 aromatic carbocycles. The van der Waals surface area contributed by atoms with Gasteiger partial charge in [0.05, 0.1) is 6.04 Å². The van der Waals surface area contributed by atoms with Gasteiger partial charge in [0, 0.05) is 37.0 Å². The van der Waals surface area contributed by atoms with Crippen molar-refractivity contribution in [2.45, 2.75) is 37.9 Å². The van der Waals surface area contributed by atoms with E-state index in [4.69, 9.17) is 17.2 Å². The highest BCUT2D eigenvalue weighted by atomic mass is 16.2. The van der Waals surface area contributed by atoms with Crippen LogP contribution in [-0.2, 0) is 22.6 Å². The summed E-state index contributed by atoms with van der Waals surface area (Å²) in [6.45, 7) is 0.689. The fraction of sp³-hybridized carbons (Fsp3) is 0.241. The number of amides is 2. The van der Waals surface area contributed by atoms with E-state index in [0.717, 1.165) is 27.6 Å². The van der Waals surface area contributed by atoms with E-state index in [0.29, 0.717) is 31.8 Å². The standard InChI is InChI=1S/C29H34N8O2/c30-24(16-21-18-34-26(36-21)23-13-6-11-20-10-4-5-12-22(20)23)27(38)37-25(14-7-15-33-29(31)32)28(39)35-17-19-8-2-1-3-9-19/h1-6,8-13,18,24-25H,7,14-17,30H2,(H,34,36)(H,35,39)(H,37,38)(H4,31,32,33)/t24-,25-/m0/s1. The first kappa shape index (κ1) is 27.3. The minimum Gasteiger partial charge on any atom is -0.370 e. The first-order chi connectivity index (χ1) is 18.9. The molecule has 10 nitrogen and oxygen atoms in total. The van der Waals surface area contributed by atoms with Crippen molar-refractivity contribution in [2.24, 2.45) is 22.2 Å². The maximum Gasteiger partial charge on any atom is 0.242 e. The van der Waals surface area contributed by atoms with Crippen LogP contribution in [0, 0.1) is 0 Å². The smallest absolute Gasteiger partial charge is 0.242 e. The van der Waals surface area contributed by atoms with Gasteiger partial charge in [-0.2, -0.15) is 0 Å². The Morgan fingerprint density at radius 2 is 1.69 bits per heavy atom. The number of benzene rings is 3. The molecule has 0 saturated heterocycles. The number of imidazole rings is 1. The second kappa shape index (κ2) is 13.2. The number of nitrogens with zero attached hydrogens (tertiary/aromatic N) is 2. The fourth-order valence-corrected chi connectivity index (χ4v) is 4.32. The summed E-state index contributed by atoms with van der Waals surface area (Å²) in [6, 6.07) is 22.0. The SMILES string of the molecule is NC(N)=NCCC[C@H](NC(=O)[C@@H](N)Cc1cnc(-c2cccc3ccccc23)[nH]1)C(=O)NCc1ccccc1. The van der Waals surface area contributed by atoms with Gasteiger partial charge in [0.2, 0.25) is 11.8 Å². The van der Waals surface area contributed by atoms with Crippen molar-refractivity contribution in [3.8, 4) is 11.4 Å². The summed E-state index contributed by atoms with van der Waals surface area (Å²) in [5, 5.41) is 7.87. The highest BCUT2D eigenvalue weighted by Gasteiger charge is 2.24. The summed E-state index contributed by atoms with van der Waals surface area (Å²) < 4.78 is 0. The number of carbonyl (C=O) groups excluding carboxylic acids is 2. The van der Waals surface area contributed by atoms with Gasteiger partial charge in [-0.3, -0.25) is 14.6 Å². The number of aromatic amines is 1. The van der Waals surface area contributed by atoms with Gasteiger partial charge in [0.1, 0.15) is 11.9 Å². The van der Waals surface area contributed by atoms with Crippen molar-refractivity contribution in [2.75, 3.05) is 6.54 Å². The number of hydrogen-bond donors (Lipinski definition) is 6. The van der Waals surface area contributed by atoms with Crippen LogP contribution in [0.3, 0.4) is 0 Å². The number of nitrogens with two attached hydrogens (primary N) is 3. The van der Waals surface area contributed by atoms with Crippen molar-refractivity contribution in [3.63, 3.8) is 0 Å². The minimum atomic E-state index is -0.882. The molecule has 4 rings (SSSR count). The van der Waals surface area contributed by atoms with Crippen molar-refractivity contribution in [1.29, 1.82) is 0 Å². The lowest BCUT2D eigenvalue weighted by Gasteiger charge is -2.20. The maximum absolute atomic E-state index is 13.0. The Morgan fingerprint density at radius 1 is 0.949 bits per heavy atom. The van der Waals surface area contributed by atoms with Crippen LogP contribution in [0.25, 0.3) is 22.2 Å². The Morgan fingerprint density at radius 3 is 2.49 bits per heavy atom. The molecule has 0 fully saturated rings. The molecular formula is C29H34N8O2. The maximum atomic E-state index is 13.0. The number of rotatable bonds is 12. The van der Waals surface area contributed by atoms with Crippen molar-refractivity contribution >= 4 is 28.5 Å². The first-order valence-electron chi connectivity index (χ1n) is 12.9. The molecule has 0 bridgehead atoms. The van der Waals surface area contributed by atoms with E-state index in [1.807, 2.05) is 72.8 Å². The van der Waals surface area contributed by atoms with Gasteiger partial charge in [-0.05, 0) is 29.2 Å².